The van der Waals surface area contributed by atoms with Crippen LogP contribution in [0.5, 0.6) is 5.75 Å². The third kappa shape index (κ3) is 4.32. The van der Waals surface area contributed by atoms with Crippen molar-refractivity contribution >= 4 is 11.9 Å². The van der Waals surface area contributed by atoms with Crippen molar-refractivity contribution < 1.29 is 19.4 Å². The molecule has 1 heterocycles. The number of hydrogen-bond acceptors (Lipinski definition) is 4. The summed E-state index contributed by atoms with van der Waals surface area (Å²) in [4.78, 5) is 26.8. The van der Waals surface area contributed by atoms with Crippen molar-refractivity contribution in [1.82, 2.24) is 10.2 Å². The molecule has 1 aromatic carbocycles. The number of benzene rings is 1. The van der Waals surface area contributed by atoms with Gasteiger partial charge in [-0.2, -0.15) is 0 Å². The van der Waals surface area contributed by atoms with Crippen molar-refractivity contribution in [2.75, 3.05) is 13.2 Å². The Morgan fingerprint density at radius 2 is 1.93 bits per heavy atom. The summed E-state index contributed by atoms with van der Waals surface area (Å²) < 4.78 is 5.62. The molecule has 3 rings (SSSR count). The smallest absolute Gasteiger partial charge is 0.325 e. The molecule has 1 saturated heterocycles. The highest BCUT2D eigenvalue weighted by Gasteiger charge is 2.56. The number of aryl methyl sites for hydroxylation is 1. The van der Waals surface area contributed by atoms with E-state index in [4.69, 9.17) is 4.74 Å². The van der Waals surface area contributed by atoms with Crippen LogP contribution in [0, 0.1) is 11.3 Å². The number of carbonyl (C=O) groups excluding carboxylic acids is 2. The van der Waals surface area contributed by atoms with E-state index in [1.54, 1.807) is 0 Å². The number of ether oxygens (including phenoxy) is 1. The van der Waals surface area contributed by atoms with E-state index in [-0.39, 0.29) is 24.5 Å². The van der Waals surface area contributed by atoms with E-state index < -0.39 is 17.7 Å². The molecule has 0 bridgehead atoms. The first-order valence-electron chi connectivity index (χ1n) is 10.2. The zero-order chi connectivity index (χ0) is 20.5. The highest BCUT2D eigenvalue weighted by Crippen LogP contribution is 2.46. The number of nitrogens with one attached hydrogen (secondary N) is 1. The number of urea groups is 1. The van der Waals surface area contributed by atoms with Gasteiger partial charge in [0, 0.05) is 0 Å². The van der Waals surface area contributed by atoms with E-state index in [0.717, 1.165) is 17.7 Å². The summed E-state index contributed by atoms with van der Waals surface area (Å²) in [6.45, 7) is 8.44. The number of β-amino-alcohol motifs (C(OH)–C–C–N with tert-alkyl or cyclic N) is 1. The number of rotatable bonds is 6. The first-order chi connectivity index (χ1) is 13.1. The van der Waals surface area contributed by atoms with Crippen molar-refractivity contribution in [3.05, 3.63) is 29.8 Å². The molecule has 6 heteroatoms. The summed E-state index contributed by atoms with van der Waals surface area (Å²) >= 11 is 0. The van der Waals surface area contributed by atoms with Gasteiger partial charge in [0.05, 0.1) is 6.54 Å². The van der Waals surface area contributed by atoms with Gasteiger partial charge in [-0.25, -0.2) is 4.79 Å². The molecule has 1 spiro atoms. The van der Waals surface area contributed by atoms with Crippen LogP contribution >= 0.6 is 0 Å². The summed E-state index contributed by atoms with van der Waals surface area (Å²) in [5, 5.41) is 13.3. The zero-order valence-electron chi connectivity index (χ0n) is 17.3. The first kappa shape index (κ1) is 20.6. The second-order valence-electron chi connectivity index (χ2n) is 9.24. The van der Waals surface area contributed by atoms with Gasteiger partial charge < -0.3 is 15.2 Å². The van der Waals surface area contributed by atoms with E-state index in [1.807, 2.05) is 24.3 Å². The molecule has 1 aliphatic carbocycles. The molecule has 1 aliphatic heterocycles. The van der Waals surface area contributed by atoms with Crippen molar-refractivity contribution in [3.8, 4) is 5.75 Å². The summed E-state index contributed by atoms with van der Waals surface area (Å²) in [5.74, 6) is 0.795. The zero-order valence-corrected chi connectivity index (χ0v) is 17.3. The van der Waals surface area contributed by atoms with E-state index in [9.17, 15) is 14.7 Å². The van der Waals surface area contributed by atoms with Crippen molar-refractivity contribution in [2.24, 2.45) is 11.3 Å². The maximum Gasteiger partial charge on any atom is 0.325 e. The third-order valence-corrected chi connectivity index (χ3v) is 5.79. The lowest BCUT2D eigenvalue weighted by Crippen LogP contribution is -2.54. The molecule has 154 valence electrons. The maximum atomic E-state index is 13.1. The minimum absolute atomic E-state index is 0.0109. The molecule has 2 N–H and O–H groups in total. The van der Waals surface area contributed by atoms with Crippen LogP contribution in [0.2, 0.25) is 0 Å². The third-order valence-electron chi connectivity index (χ3n) is 5.79. The summed E-state index contributed by atoms with van der Waals surface area (Å²) in [6, 6.07) is 7.27. The normalized spacial score (nSPS) is 27.8. The first-order valence-corrected chi connectivity index (χ1v) is 10.2. The van der Waals surface area contributed by atoms with Crippen LogP contribution in [0.4, 0.5) is 4.79 Å². The van der Waals surface area contributed by atoms with Gasteiger partial charge in [0.2, 0.25) is 0 Å². The van der Waals surface area contributed by atoms with Gasteiger partial charge in [0.15, 0.2) is 0 Å². The van der Waals surface area contributed by atoms with Gasteiger partial charge in [0.25, 0.3) is 5.91 Å². The molecule has 3 amide bonds. The quantitative estimate of drug-likeness (QED) is 0.734. The second-order valence-corrected chi connectivity index (χ2v) is 9.24. The van der Waals surface area contributed by atoms with Crippen molar-refractivity contribution in [3.63, 3.8) is 0 Å². The van der Waals surface area contributed by atoms with Crippen molar-refractivity contribution in [2.45, 2.75) is 65.0 Å². The predicted octanol–water partition coefficient (Wildman–Crippen LogP) is 3.13. The van der Waals surface area contributed by atoms with E-state index >= 15 is 0 Å². The number of imide groups is 1. The Morgan fingerprint density at radius 3 is 2.54 bits per heavy atom. The number of amides is 3. The van der Waals surface area contributed by atoms with Crippen LogP contribution in [0.15, 0.2) is 24.3 Å². The van der Waals surface area contributed by atoms with Crippen LogP contribution in [0.1, 0.15) is 52.5 Å². The lowest BCUT2D eigenvalue weighted by molar-refractivity contribution is -0.135. The number of aliphatic hydroxyl groups is 1. The molecular weight excluding hydrogens is 356 g/mol. The fourth-order valence-electron chi connectivity index (χ4n) is 4.95. The Labute approximate surface area is 167 Å². The van der Waals surface area contributed by atoms with E-state index in [1.165, 1.54) is 5.56 Å². The molecule has 2 aliphatic rings. The summed E-state index contributed by atoms with van der Waals surface area (Å²) in [5.41, 5.74) is 0.361. The highest BCUT2D eigenvalue weighted by molar-refractivity contribution is 6.07. The van der Waals surface area contributed by atoms with Gasteiger partial charge in [-0.1, -0.05) is 39.8 Å². The molecular formula is C22H32N2O4. The Bertz CT molecular complexity index is 731. The molecule has 1 aromatic rings. The van der Waals surface area contributed by atoms with Crippen LogP contribution in [0.25, 0.3) is 0 Å². The Hall–Kier alpha value is -2.08. The van der Waals surface area contributed by atoms with Crippen LogP contribution in [-0.2, 0) is 11.2 Å². The molecule has 0 unspecified atom stereocenters. The second kappa shape index (κ2) is 7.74. The molecule has 3 atom stereocenters. The van der Waals surface area contributed by atoms with Crippen LogP contribution < -0.4 is 10.1 Å². The minimum Gasteiger partial charge on any atom is -0.491 e. The molecule has 0 aromatic heterocycles. The molecule has 0 radical (unpaired) electrons. The lowest BCUT2D eigenvalue weighted by Gasteiger charge is -2.43. The van der Waals surface area contributed by atoms with Gasteiger partial charge in [-0.15, -0.1) is 0 Å². The number of nitrogens with zero attached hydrogens (tertiary/aromatic N) is 1. The van der Waals surface area contributed by atoms with Crippen LogP contribution in [-0.4, -0.2) is 46.7 Å². The SMILES string of the molecule is CCc1ccc(OC[C@H](O)CN2C(=O)N[C@@]3(C[C@H](C)CC(C)(C)C3)C2=O)cc1. The molecule has 28 heavy (non-hydrogen) atoms. The summed E-state index contributed by atoms with van der Waals surface area (Å²) in [6.07, 6.45) is 2.32. The van der Waals surface area contributed by atoms with Crippen molar-refractivity contribution in [1.29, 1.82) is 0 Å². The van der Waals surface area contributed by atoms with Crippen LogP contribution in [0.3, 0.4) is 0 Å². The Kier molecular flexibility index (Phi) is 5.71. The van der Waals surface area contributed by atoms with Gasteiger partial charge >= 0.3 is 6.03 Å². The topological polar surface area (TPSA) is 78.9 Å². The number of carbonyl (C=O) groups is 2. The molecule has 2 fully saturated rings. The predicted molar refractivity (Wildman–Crippen MR) is 107 cm³/mol. The Morgan fingerprint density at radius 1 is 1.25 bits per heavy atom. The number of hydrogen-bond donors (Lipinski definition) is 2. The molecule has 1 saturated carbocycles. The monoisotopic (exact) mass is 388 g/mol. The fourth-order valence-corrected chi connectivity index (χ4v) is 4.95. The van der Waals surface area contributed by atoms with E-state index in [2.05, 4.69) is 33.0 Å². The Balaban J connectivity index is 1.60. The fraction of sp³-hybridized carbons (Fsp3) is 0.636. The van der Waals surface area contributed by atoms with E-state index in [0.29, 0.717) is 24.5 Å². The highest BCUT2D eigenvalue weighted by atomic mass is 16.5. The average Bonchev–Trinajstić information content (AvgIpc) is 2.82. The average molecular weight is 389 g/mol. The minimum atomic E-state index is -0.940. The van der Waals surface area contributed by atoms with Gasteiger partial charge in [-0.3, -0.25) is 9.69 Å². The molecule has 6 nitrogen and oxygen atoms in total. The lowest BCUT2D eigenvalue weighted by atomic mass is 9.64. The summed E-state index contributed by atoms with van der Waals surface area (Å²) in [7, 11) is 0. The largest absolute Gasteiger partial charge is 0.491 e. The number of aliphatic hydroxyl groups excluding tert-OH is 1. The maximum absolute atomic E-state index is 13.1. The standard InChI is InChI=1S/C22H32N2O4/c1-5-16-6-8-18(9-7-16)28-13-17(25)12-24-19(26)22(23-20(24)27)11-15(2)10-21(3,4)14-22/h6-9,15,17,25H,5,10-14H2,1-4H3,(H,23,27)/t15-,17-,22-/m1/s1. The van der Waals surface area contributed by atoms with Gasteiger partial charge in [-0.05, 0) is 54.7 Å². The van der Waals surface area contributed by atoms with Gasteiger partial charge in [0.1, 0.15) is 24.0 Å².